The van der Waals surface area contributed by atoms with Crippen LogP contribution in [0.15, 0.2) is 23.1 Å². The second-order valence-electron chi connectivity index (χ2n) is 4.79. The van der Waals surface area contributed by atoms with Gasteiger partial charge in [-0.25, -0.2) is 9.37 Å². The van der Waals surface area contributed by atoms with Gasteiger partial charge in [0.25, 0.3) is 0 Å². The van der Waals surface area contributed by atoms with Crippen LogP contribution in [0.1, 0.15) is 37.4 Å². The Hall–Kier alpha value is -0.910. The molecule has 0 aliphatic rings. The lowest BCUT2D eigenvalue weighted by Gasteiger charge is -2.10. The summed E-state index contributed by atoms with van der Waals surface area (Å²) in [7, 11) is 0. The molecule has 0 aliphatic heterocycles. The molecule has 21 heavy (non-hydrogen) atoms. The van der Waals surface area contributed by atoms with E-state index in [0.29, 0.717) is 5.56 Å². The minimum atomic E-state index is -0.190. The molecule has 1 aromatic heterocycles. The van der Waals surface area contributed by atoms with Crippen LogP contribution >= 0.6 is 23.1 Å². The Morgan fingerprint density at radius 2 is 2.14 bits per heavy atom. The summed E-state index contributed by atoms with van der Waals surface area (Å²) in [6.45, 7) is 9.18. The molecule has 2 rings (SSSR count). The summed E-state index contributed by atoms with van der Waals surface area (Å²) in [4.78, 5) is 6.76. The molecular weight excluding hydrogens is 303 g/mol. The molecule has 114 valence electrons. The van der Waals surface area contributed by atoms with Gasteiger partial charge in [-0.05, 0) is 38.3 Å². The minimum absolute atomic E-state index is 0.190. The van der Waals surface area contributed by atoms with E-state index in [2.05, 4.69) is 31.1 Å². The second-order valence-corrected chi connectivity index (χ2v) is 7.13. The molecule has 2 nitrogen and oxygen atoms in total. The van der Waals surface area contributed by atoms with Crippen molar-refractivity contribution in [1.29, 1.82) is 0 Å². The number of benzene rings is 1. The summed E-state index contributed by atoms with van der Waals surface area (Å²) < 4.78 is 14.3. The van der Waals surface area contributed by atoms with E-state index in [1.54, 1.807) is 29.2 Å². The van der Waals surface area contributed by atoms with Gasteiger partial charge in [-0.3, -0.25) is 0 Å². The first-order valence-electron chi connectivity index (χ1n) is 7.20. The minimum Gasteiger partial charge on any atom is -0.310 e. The molecule has 0 radical (unpaired) electrons. The Kier molecular flexibility index (Phi) is 5.79. The molecule has 1 N–H and O–H groups in total. The predicted molar refractivity (Wildman–Crippen MR) is 90.7 cm³/mol. The van der Waals surface area contributed by atoms with Gasteiger partial charge in [0.15, 0.2) is 0 Å². The van der Waals surface area contributed by atoms with E-state index in [-0.39, 0.29) is 11.9 Å². The van der Waals surface area contributed by atoms with Gasteiger partial charge in [0.05, 0.1) is 11.3 Å². The zero-order valence-electron chi connectivity index (χ0n) is 12.9. The van der Waals surface area contributed by atoms with E-state index in [9.17, 15) is 4.39 Å². The maximum atomic E-state index is 14.3. The fourth-order valence-electron chi connectivity index (χ4n) is 2.30. The third kappa shape index (κ3) is 3.65. The van der Waals surface area contributed by atoms with Gasteiger partial charge in [-0.15, -0.1) is 23.1 Å². The van der Waals surface area contributed by atoms with Gasteiger partial charge in [-0.1, -0.05) is 19.9 Å². The number of hydrogen-bond acceptors (Lipinski definition) is 4. The SMILES string of the molecule is CCNC(C)c1sc(-c2c(F)cccc2SCC)nc1C. The number of thiazole rings is 1. The molecule has 1 heterocycles. The predicted octanol–water partition coefficient (Wildman–Crippen LogP) is 5.04. The number of halogens is 1. The number of nitrogens with zero attached hydrogens (tertiary/aromatic N) is 1. The lowest BCUT2D eigenvalue weighted by molar-refractivity contribution is 0.603. The van der Waals surface area contributed by atoms with Crippen molar-refractivity contribution in [2.75, 3.05) is 12.3 Å². The fraction of sp³-hybridized carbons (Fsp3) is 0.438. The van der Waals surface area contributed by atoms with Gasteiger partial charge >= 0.3 is 0 Å². The molecule has 0 spiro atoms. The standard InChI is InChI=1S/C16H21FN2S2/c1-5-18-10(3)15-11(4)19-16(21-15)14-12(17)8-7-9-13(14)20-6-2/h7-10,18H,5-6H2,1-4H3. The monoisotopic (exact) mass is 324 g/mol. The van der Waals surface area contributed by atoms with Crippen molar-refractivity contribution in [3.63, 3.8) is 0 Å². The van der Waals surface area contributed by atoms with Crippen LogP contribution in [0.4, 0.5) is 4.39 Å². The van der Waals surface area contributed by atoms with Crippen molar-refractivity contribution in [3.8, 4) is 10.6 Å². The molecule has 2 aromatic rings. The molecule has 1 aromatic carbocycles. The Morgan fingerprint density at radius 3 is 2.81 bits per heavy atom. The fourth-order valence-corrected chi connectivity index (χ4v) is 4.35. The Labute approximate surface area is 134 Å². The van der Waals surface area contributed by atoms with E-state index >= 15 is 0 Å². The van der Waals surface area contributed by atoms with E-state index in [4.69, 9.17) is 0 Å². The number of thioether (sulfide) groups is 1. The average molecular weight is 324 g/mol. The zero-order valence-corrected chi connectivity index (χ0v) is 14.5. The first kappa shape index (κ1) is 16.5. The van der Waals surface area contributed by atoms with Crippen LogP contribution in [0.3, 0.4) is 0 Å². The molecule has 0 aliphatic carbocycles. The second kappa shape index (κ2) is 7.38. The van der Waals surface area contributed by atoms with E-state index in [0.717, 1.165) is 27.9 Å². The summed E-state index contributed by atoms with van der Waals surface area (Å²) in [5.74, 6) is 0.728. The smallest absolute Gasteiger partial charge is 0.134 e. The highest BCUT2D eigenvalue weighted by molar-refractivity contribution is 7.99. The highest BCUT2D eigenvalue weighted by Crippen LogP contribution is 2.38. The number of rotatable bonds is 6. The number of hydrogen-bond donors (Lipinski definition) is 1. The van der Waals surface area contributed by atoms with E-state index < -0.39 is 0 Å². The molecule has 5 heteroatoms. The van der Waals surface area contributed by atoms with Crippen molar-refractivity contribution in [3.05, 3.63) is 34.6 Å². The topological polar surface area (TPSA) is 24.9 Å². The van der Waals surface area contributed by atoms with Crippen LogP contribution in [0.5, 0.6) is 0 Å². The first-order chi connectivity index (χ1) is 10.1. The lowest BCUT2D eigenvalue weighted by Crippen LogP contribution is -2.17. The number of aryl methyl sites for hydroxylation is 1. The highest BCUT2D eigenvalue weighted by atomic mass is 32.2. The number of aromatic nitrogens is 1. The molecule has 0 bridgehead atoms. The zero-order chi connectivity index (χ0) is 15.4. The molecule has 0 amide bonds. The molecule has 1 unspecified atom stereocenters. The maximum Gasteiger partial charge on any atom is 0.134 e. The van der Waals surface area contributed by atoms with Gasteiger partial charge in [0.1, 0.15) is 10.8 Å². The largest absolute Gasteiger partial charge is 0.310 e. The third-order valence-corrected chi connectivity index (χ3v) is 5.52. The van der Waals surface area contributed by atoms with E-state index in [1.165, 1.54) is 10.9 Å². The van der Waals surface area contributed by atoms with Crippen molar-refractivity contribution in [2.24, 2.45) is 0 Å². The van der Waals surface area contributed by atoms with Crippen LogP contribution in [-0.4, -0.2) is 17.3 Å². The van der Waals surface area contributed by atoms with Crippen LogP contribution in [0.2, 0.25) is 0 Å². The maximum absolute atomic E-state index is 14.3. The Morgan fingerprint density at radius 1 is 1.38 bits per heavy atom. The van der Waals surface area contributed by atoms with E-state index in [1.807, 2.05) is 13.0 Å². The molecule has 1 atom stereocenters. The lowest BCUT2D eigenvalue weighted by atomic mass is 10.2. The summed E-state index contributed by atoms with van der Waals surface area (Å²) in [5.41, 5.74) is 1.63. The highest BCUT2D eigenvalue weighted by Gasteiger charge is 2.19. The van der Waals surface area contributed by atoms with Crippen LogP contribution in [0.25, 0.3) is 10.6 Å². The number of nitrogens with one attached hydrogen (secondary N) is 1. The molecule has 0 saturated heterocycles. The van der Waals surface area contributed by atoms with Crippen molar-refractivity contribution in [1.82, 2.24) is 10.3 Å². The normalized spacial score (nSPS) is 12.6. The third-order valence-electron chi connectivity index (χ3n) is 3.23. The summed E-state index contributed by atoms with van der Waals surface area (Å²) >= 11 is 3.24. The molecular formula is C16H21FN2S2. The molecule has 0 fully saturated rings. The first-order valence-corrected chi connectivity index (χ1v) is 9.01. The van der Waals surface area contributed by atoms with Crippen molar-refractivity contribution in [2.45, 2.75) is 38.6 Å². The van der Waals surface area contributed by atoms with Crippen LogP contribution in [-0.2, 0) is 0 Å². The van der Waals surface area contributed by atoms with Gasteiger partial charge in [0.2, 0.25) is 0 Å². The van der Waals surface area contributed by atoms with Crippen molar-refractivity contribution >= 4 is 23.1 Å². The molecule has 0 saturated carbocycles. The van der Waals surface area contributed by atoms with Gasteiger partial charge in [0, 0.05) is 15.8 Å². The van der Waals surface area contributed by atoms with Gasteiger partial charge < -0.3 is 5.32 Å². The summed E-state index contributed by atoms with van der Waals surface area (Å²) in [5, 5.41) is 4.17. The Bertz CT molecular complexity index is 610. The summed E-state index contributed by atoms with van der Waals surface area (Å²) in [6.07, 6.45) is 0. The quantitative estimate of drug-likeness (QED) is 0.754. The van der Waals surface area contributed by atoms with Crippen molar-refractivity contribution < 1.29 is 4.39 Å². The average Bonchev–Trinajstić information content (AvgIpc) is 2.81. The Balaban J connectivity index is 2.46. The van der Waals surface area contributed by atoms with Gasteiger partial charge in [-0.2, -0.15) is 0 Å². The van der Waals surface area contributed by atoms with Crippen LogP contribution < -0.4 is 5.32 Å². The summed E-state index contributed by atoms with van der Waals surface area (Å²) in [6, 6.07) is 5.49. The van der Waals surface area contributed by atoms with Crippen LogP contribution in [0, 0.1) is 12.7 Å².